The standard InChI is InChI=1S/C22H28N6O2/c1-4-30-22(29)27-9-7-18(8-10-27)25-21-26-19-12-23-14-24-20(19)28(21)13-17-6-5-15(2)11-16(17)3/h5-6,11-12,14,18H,4,7-10,13H2,1-3H3,(H,25,26). The first kappa shape index (κ1) is 20.1. The highest BCUT2D eigenvalue weighted by Crippen LogP contribution is 2.23. The van der Waals surface area contributed by atoms with E-state index < -0.39 is 0 Å². The number of imidazole rings is 1. The number of hydrogen-bond acceptors (Lipinski definition) is 6. The minimum atomic E-state index is -0.228. The summed E-state index contributed by atoms with van der Waals surface area (Å²) in [5.41, 5.74) is 5.32. The van der Waals surface area contributed by atoms with E-state index in [1.54, 1.807) is 17.4 Å². The molecule has 0 spiro atoms. The number of benzene rings is 1. The van der Waals surface area contributed by atoms with Crippen LogP contribution in [0.5, 0.6) is 0 Å². The van der Waals surface area contributed by atoms with Gasteiger partial charge in [0.1, 0.15) is 11.8 Å². The molecular formula is C22H28N6O2. The molecule has 1 fully saturated rings. The molecule has 2 aromatic heterocycles. The van der Waals surface area contributed by atoms with Gasteiger partial charge in [-0.25, -0.2) is 19.7 Å². The minimum absolute atomic E-state index is 0.228. The van der Waals surface area contributed by atoms with Crippen molar-refractivity contribution in [3.8, 4) is 0 Å². The van der Waals surface area contributed by atoms with Gasteiger partial charge in [0, 0.05) is 19.1 Å². The summed E-state index contributed by atoms with van der Waals surface area (Å²) in [5, 5.41) is 3.59. The van der Waals surface area contributed by atoms with Crippen LogP contribution in [0.15, 0.2) is 30.7 Å². The van der Waals surface area contributed by atoms with Gasteiger partial charge in [0.25, 0.3) is 0 Å². The number of carbonyl (C=O) groups excluding carboxylic acids is 1. The molecule has 30 heavy (non-hydrogen) atoms. The van der Waals surface area contributed by atoms with Gasteiger partial charge in [0.2, 0.25) is 5.95 Å². The summed E-state index contributed by atoms with van der Waals surface area (Å²) in [7, 11) is 0. The number of amides is 1. The largest absolute Gasteiger partial charge is 0.450 e. The molecule has 0 aliphatic carbocycles. The maximum absolute atomic E-state index is 11.9. The van der Waals surface area contributed by atoms with Crippen molar-refractivity contribution in [1.29, 1.82) is 0 Å². The van der Waals surface area contributed by atoms with Crippen molar-refractivity contribution in [3.05, 3.63) is 47.4 Å². The summed E-state index contributed by atoms with van der Waals surface area (Å²) >= 11 is 0. The Morgan fingerprint density at radius 2 is 2.07 bits per heavy atom. The van der Waals surface area contributed by atoms with Crippen molar-refractivity contribution in [3.63, 3.8) is 0 Å². The lowest BCUT2D eigenvalue weighted by Crippen LogP contribution is -2.42. The molecule has 1 N–H and O–H groups in total. The van der Waals surface area contributed by atoms with Crippen LogP contribution in [0, 0.1) is 13.8 Å². The fraction of sp³-hybridized carbons (Fsp3) is 0.455. The third kappa shape index (κ3) is 4.22. The van der Waals surface area contributed by atoms with E-state index in [1.807, 2.05) is 6.92 Å². The molecule has 8 nitrogen and oxygen atoms in total. The number of aryl methyl sites for hydroxylation is 2. The number of likely N-dealkylation sites (tertiary alicyclic amines) is 1. The summed E-state index contributed by atoms with van der Waals surface area (Å²) in [5.74, 6) is 0.792. The summed E-state index contributed by atoms with van der Waals surface area (Å²) in [6, 6.07) is 6.73. The van der Waals surface area contributed by atoms with E-state index in [0.29, 0.717) is 26.2 Å². The molecule has 0 bridgehead atoms. The van der Waals surface area contributed by atoms with Gasteiger partial charge >= 0.3 is 6.09 Å². The van der Waals surface area contributed by atoms with E-state index in [0.717, 1.165) is 30.0 Å². The number of hydrogen-bond donors (Lipinski definition) is 1. The number of piperidine rings is 1. The fourth-order valence-electron chi connectivity index (χ4n) is 3.93. The number of fused-ring (bicyclic) bond motifs is 1. The molecule has 0 atom stereocenters. The smallest absolute Gasteiger partial charge is 0.409 e. The molecule has 8 heteroatoms. The van der Waals surface area contributed by atoms with Crippen LogP contribution in [-0.2, 0) is 11.3 Å². The second-order valence-corrected chi connectivity index (χ2v) is 7.79. The third-order valence-corrected chi connectivity index (χ3v) is 5.59. The van der Waals surface area contributed by atoms with Gasteiger partial charge in [-0.05, 0) is 44.7 Å². The van der Waals surface area contributed by atoms with E-state index in [1.165, 1.54) is 16.7 Å². The molecule has 0 radical (unpaired) electrons. The number of aromatic nitrogens is 4. The molecule has 158 valence electrons. The van der Waals surface area contributed by atoms with E-state index in [4.69, 9.17) is 9.72 Å². The summed E-state index contributed by atoms with van der Waals surface area (Å²) in [4.78, 5) is 27.1. The lowest BCUT2D eigenvalue weighted by molar-refractivity contribution is 0.0983. The topological polar surface area (TPSA) is 85.2 Å². The minimum Gasteiger partial charge on any atom is -0.450 e. The molecule has 1 aliphatic heterocycles. The van der Waals surface area contributed by atoms with E-state index in [2.05, 4.69) is 51.9 Å². The second kappa shape index (κ2) is 8.69. The van der Waals surface area contributed by atoms with Gasteiger partial charge < -0.3 is 15.0 Å². The van der Waals surface area contributed by atoms with Crippen LogP contribution >= 0.6 is 0 Å². The van der Waals surface area contributed by atoms with E-state index >= 15 is 0 Å². The van der Waals surface area contributed by atoms with Crippen molar-refractivity contribution in [2.24, 2.45) is 0 Å². The Kier molecular flexibility index (Phi) is 5.83. The summed E-state index contributed by atoms with van der Waals surface area (Å²) in [6.45, 7) is 8.50. The second-order valence-electron chi connectivity index (χ2n) is 7.79. The number of anilines is 1. The van der Waals surface area contributed by atoms with Crippen LogP contribution in [0.2, 0.25) is 0 Å². The van der Waals surface area contributed by atoms with Gasteiger partial charge in [-0.3, -0.25) is 4.57 Å². The first-order valence-electron chi connectivity index (χ1n) is 10.5. The van der Waals surface area contributed by atoms with Crippen LogP contribution in [-0.4, -0.2) is 56.3 Å². The highest BCUT2D eigenvalue weighted by Gasteiger charge is 2.25. The Hall–Kier alpha value is -3.16. The summed E-state index contributed by atoms with van der Waals surface area (Å²) < 4.78 is 7.23. The number of nitrogens with zero attached hydrogens (tertiary/aromatic N) is 5. The molecule has 3 aromatic rings. The molecule has 1 saturated heterocycles. The molecule has 4 rings (SSSR count). The Morgan fingerprint density at radius 1 is 1.27 bits per heavy atom. The number of nitrogens with one attached hydrogen (secondary N) is 1. The Balaban J connectivity index is 1.54. The fourth-order valence-corrected chi connectivity index (χ4v) is 3.93. The maximum atomic E-state index is 11.9. The third-order valence-electron chi connectivity index (χ3n) is 5.59. The predicted octanol–water partition coefficient (Wildman–Crippen LogP) is 3.52. The van der Waals surface area contributed by atoms with Crippen LogP contribution in [0.25, 0.3) is 11.2 Å². The highest BCUT2D eigenvalue weighted by atomic mass is 16.6. The monoisotopic (exact) mass is 408 g/mol. The molecule has 0 unspecified atom stereocenters. The van der Waals surface area contributed by atoms with Gasteiger partial charge in [0.05, 0.1) is 19.3 Å². The molecular weight excluding hydrogens is 380 g/mol. The van der Waals surface area contributed by atoms with Crippen LogP contribution in [0.1, 0.15) is 36.5 Å². The Morgan fingerprint density at radius 3 is 2.80 bits per heavy atom. The van der Waals surface area contributed by atoms with Crippen molar-refractivity contribution in [2.45, 2.75) is 46.2 Å². The van der Waals surface area contributed by atoms with Crippen molar-refractivity contribution in [1.82, 2.24) is 24.4 Å². The van der Waals surface area contributed by atoms with Gasteiger partial charge in [-0.2, -0.15) is 0 Å². The predicted molar refractivity (Wildman–Crippen MR) is 116 cm³/mol. The molecule has 1 aromatic carbocycles. The average molecular weight is 409 g/mol. The average Bonchev–Trinajstić information content (AvgIpc) is 3.08. The molecule has 1 aliphatic rings. The quantitative estimate of drug-likeness (QED) is 0.695. The normalized spacial score (nSPS) is 14.8. The van der Waals surface area contributed by atoms with E-state index in [-0.39, 0.29) is 12.1 Å². The zero-order valence-corrected chi connectivity index (χ0v) is 17.8. The summed E-state index contributed by atoms with van der Waals surface area (Å²) in [6.07, 6.45) is 4.77. The zero-order chi connectivity index (χ0) is 21.1. The first-order chi connectivity index (χ1) is 14.5. The zero-order valence-electron chi connectivity index (χ0n) is 17.8. The van der Waals surface area contributed by atoms with E-state index in [9.17, 15) is 4.79 Å². The first-order valence-corrected chi connectivity index (χ1v) is 10.5. The molecule has 1 amide bonds. The SMILES string of the molecule is CCOC(=O)N1CCC(Nc2nc3cncnc3n2Cc2ccc(C)cc2C)CC1. The molecule has 0 saturated carbocycles. The maximum Gasteiger partial charge on any atom is 0.409 e. The highest BCUT2D eigenvalue weighted by molar-refractivity contribution is 5.73. The number of carbonyl (C=O) groups is 1. The lowest BCUT2D eigenvalue weighted by Gasteiger charge is -2.31. The van der Waals surface area contributed by atoms with Gasteiger partial charge in [0.15, 0.2) is 5.65 Å². The Bertz CT molecular complexity index is 1040. The number of rotatable bonds is 5. The van der Waals surface area contributed by atoms with Crippen LogP contribution in [0.4, 0.5) is 10.7 Å². The van der Waals surface area contributed by atoms with Crippen molar-refractivity contribution < 1.29 is 9.53 Å². The Labute approximate surface area is 176 Å². The van der Waals surface area contributed by atoms with Gasteiger partial charge in [-0.15, -0.1) is 0 Å². The van der Waals surface area contributed by atoms with Crippen molar-refractivity contribution >= 4 is 23.2 Å². The van der Waals surface area contributed by atoms with Crippen LogP contribution in [0.3, 0.4) is 0 Å². The number of ether oxygens (including phenoxy) is 1. The molecule has 3 heterocycles. The van der Waals surface area contributed by atoms with Crippen LogP contribution < -0.4 is 5.32 Å². The lowest BCUT2D eigenvalue weighted by atomic mass is 10.1. The van der Waals surface area contributed by atoms with Crippen molar-refractivity contribution in [2.75, 3.05) is 25.0 Å². The van der Waals surface area contributed by atoms with Gasteiger partial charge in [-0.1, -0.05) is 23.8 Å².